The molecule has 0 aromatic rings. The van der Waals surface area contributed by atoms with Gasteiger partial charge < -0.3 is 5.73 Å². The third-order valence-corrected chi connectivity index (χ3v) is 5.12. The van der Waals surface area contributed by atoms with Crippen LogP contribution in [-0.4, -0.2) is 5.91 Å². The van der Waals surface area contributed by atoms with Crippen molar-refractivity contribution in [2.45, 2.75) is 65.7 Å². The quantitative estimate of drug-likeness (QED) is 0.802. The molecule has 0 saturated heterocycles. The van der Waals surface area contributed by atoms with Crippen LogP contribution in [0, 0.1) is 22.7 Å². The van der Waals surface area contributed by atoms with Gasteiger partial charge in [0.05, 0.1) is 0 Å². The lowest BCUT2D eigenvalue weighted by atomic mass is 9.51. The maximum Gasteiger partial charge on any atom is 0.223 e. The van der Waals surface area contributed by atoms with Crippen LogP contribution in [0.2, 0.25) is 0 Å². The predicted octanol–water partition coefficient (Wildman–Crippen LogP) is 3.49. The number of primary amides is 1. The molecular formula is C15H27NO. The van der Waals surface area contributed by atoms with E-state index in [4.69, 9.17) is 5.73 Å². The van der Waals surface area contributed by atoms with Gasteiger partial charge in [-0.3, -0.25) is 4.79 Å². The molecule has 2 nitrogen and oxygen atoms in total. The third kappa shape index (κ3) is 2.36. The van der Waals surface area contributed by atoms with Crippen molar-refractivity contribution in [2.24, 2.45) is 28.4 Å². The van der Waals surface area contributed by atoms with E-state index in [-0.39, 0.29) is 11.3 Å². The summed E-state index contributed by atoms with van der Waals surface area (Å²) in [5.41, 5.74) is 5.83. The molecule has 4 atom stereocenters. The van der Waals surface area contributed by atoms with Crippen LogP contribution in [0.5, 0.6) is 0 Å². The first kappa shape index (κ1) is 12.9. The molecule has 2 saturated carbocycles. The Labute approximate surface area is 105 Å². The summed E-state index contributed by atoms with van der Waals surface area (Å²) in [4.78, 5) is 11.8. The van der Waals surface area contributed by atoms with Gasteiger partial charge in [0.25, 0.3) is 0 Å². The second kappa shape index (κ2) is 4.29. The Bertz CT molecular complexity index is 310. The van der Waals surface area contributed by atoms with Crippen LogP contribution < -0.4 is 5.73 Å². The first-order valence-corrected chi connectivity index (χ1v) is 7.19. The number of carbonyl (C=O) groups excluding carboxylic acids is 1. The lowest BCUT2D eigenvalue weighted by molar-refractivity contribution is -0.136. The Morgan fingerprint density at radius 1 is 1.35 bits per heavy atom. The zero-order valence-electron chi connectivity index (χ0n) is 11.6. The van der Waals surface area contributed by atoms with Gasteiger partial charge in [-0.05, 0) is 55.8 Å². The first-order valence-electron chi connectivity index (χ1n) is 7.19. The monoisotopic (exact) mass is 237 g/mol. The summed E-state index contributed by atoms with van der Waals surface area (Å²) in [6, 6.07) is 0. The molecule has 0 aromatic heterocycles. The minimum atomic E-state index is -0.238. The highest BCUT2D eigenvalue weighted by molar-refractivity contribution is 5.80. The first-order chi connectivity index (χ1) is 7.89. The topological polar surface area (TPSA) is 43.1 Å². The summed E-state index contributed by atoms with van der Waals surface area (Å²) in [6.07, 6.45) is 8.51. The molecule has 2 heteroatoms. The Morgan fingerprint density at radius 3 is 2.65 bits per heavy atom. The van der Waals surface area contributed by atoms with Gasteiger partial charge in [-0.2, -0.15) is 0 Å². The third-order valence-electron chi connectivity index (χ3n) is 5.12. The number of fused-ring (bicyclic) bond motifs is 2. The SMILES string of the molecule is CCCC12CC(C)CC(C1)CC(C)(C(N)=O)C2. The predicted molar refractivity (Wildman–Crippen MR) is 70.4 cm³/mol. The molecule has 1 amide bonds. The minimum absolute atomic E-state index is 0.0720. The van der Waals surface area contributed by atoms with Crippen molar-refractivity contribution in [3.05, 3.63) is 0 Å². The lowest BCUT2D eigenvalue weighted by Crippen LogP contribution is -2.49. The van der Waals surface area contributed by atoms with Gasteiger partial charge in [-0.15, -0.1) is 0 Å². The molecule has 0 aliphatic heterocycles. The number of rotatable bonds is 3. The van der Waals surface area contributed by atoms with E-state index in [0.717, 1.165) is 24.7 Å². The highest BCUT2D eigenvalue weighted by atomic mass is 16.1. The summed E-state index contributed by atoms with van der Waals surface area (Å²) < 4.78 is 0. The van der Waals surface area contributed by atoms with Gasteiger partial charge in [-0.25, -0.2) is 0 Å². The number of carbonyl (C=O) groups is 1. The van der Waals surface area contributed by atoms with Gasteiger partial charge in [0, 0.05) is 5.41 Å². The second-order valence-electron chi connectivity index (χ2n) is 7.17. The summed E-state index contributed by atoms with van der Waals surface area (Å²) in [7, 11) is 0. The molecule has 98 valence electrons. The van der Waals surface area contributed by atoms with Crippen LogP contribution in [0.3, 0.4) is 0 Å². The van der Waals surface area contributed by atoms with E-state index in [1.54, 1.807) is 0 Å². The Hall–Kier alpha value is -0.530. The molecule has 2 rings (SSSR count). The van der Waals surface area contributed by atoms with E-state index >= 15 is 0 Å². The summed E-state index contributed by atoms with van der Waals surface area (Å²) >= 11 is 0. The number of nitrogens with two attached hydrogens (primary N) is 1. The van der Waals surface area contributed by atoms with Crippen LogP contribution >= 0.6 is 0 Å². The molecule has 0 radical (unpaired) electrons. The van der Waals surface area contributed by atoms with Gasteiger partial charge in [0.15, 0.2) is 0 Å². The van der Waals surface area contributed by atoms with Gasteiger partial charge in [0.1, 0.15) is 0 Å². The maximum absolute atomic E-state index is 11.8. The summed E-state index contributed by atoms with van der Waals surface area (Å²) in [5.74, 6) is 1.49. The zero-order chi connectivity index (χ0) is 12.7. The normalized spacial score (nSPS) is 45.6. The summed E-state index contributed by atoms with van der Waals surface area (Å²) in [5, 5.41) is 0. The fourth-order valence-corrected chi connectivity index (χ4v) is 5.02. The number of hydrogen-bond acceptors (Lipinski definition) is 1. The van der Waals surface area contributed by atoms with E-state index in [1.807, 2.05) is 0 Å². The second-order valence-corrected chi connectivity index (χ2v) is 7.17. The highest BCUT2D eigenvalue weighted by Gasteiger charge is 2.51. The van der Waals surface area contributed by atoms with Crippen molar-refractivity contribution in [3.63, 3.8) is 0 Å². The molecule has 17 heavy (non-hydrogen) atoms. The molecule has 2 aliphatic rings. The van der Waals surface area contributed by atoms with Crippen molar-refractivity contribution in [2.75, 3.05) is 0 Å². The average Bonchev–Trinajstić information content (AvgIpc) is 2.14. The molecular weight excluding hydrogens is 210 g/mol. The fraction of sp³-hybridized carbons (Fsp3) is 0.933. The van der Waals surface area contributed by atoms with E-state index in [1.165, 1.54) is 32.1 Å². The van der Waals surface area contributed by atoms with Crippen LogP contribution in [0.1, 0.15) is 65.7 Å². The van der Waals surface area contributed by atoms with Gasteiger partial charge in [0.2, 0.25) is 5.91 Å². The number of hydrogen-bond donors (Lipinski definition) is 1. The largest absolute Gasteiger partial charge is 0.369 e. The van der Waals surface area contributed by atoms with Crippen molar-refractivity contribution in [3.8, 4) is 0 Å². The fourth-order valence-electron chi connectivity index (χ4n) is 5.02. The molecule has 2 aliphatic carbocycles. The number of amides is 1. The van der Waals surface area contributed by atoms with Crippen molar-refractivity contribution in [1.29, 1.82) is 0 Å². The van der Waals surface area contributed by atoms with Crippen LogP contribution in [0.15, 0.2) is 0 Å². The van der Waals surface area contributed by atoms with Crippen LogP contribution in [0.4, 0.5) is 0 Å². The Balaban J connectivity index is 2.25. The van der Waals surface area contributed by atoms with E-state index in [0.29, 0.717) is 5.41 Å². The maximum atomic E-state index is 11.8. The smallest absolute Gasteiger partial charge is 0.223 e. The van der Waals surface area contributed by atoms with Crippen molar-refractivity contribution in [1.82, 2.24) is 0 Å². The lowest BCUT2D eigenvalue weighted by Gasteiger charge is -2.53. The standard InChI is InChI=1S/C15H27NO/c1-4-5-15-7-11(2)6-12(9-15)8-14(3,10-15)13(16)17/h11-12H,4-10H2,1-3H3,(H2,16,17). The van der Waals surface area contributed by atoms with E-state index in [9.17, 15) is 4.79 Å². The zero-order valence-corrected chi connectivity index (χ0v) is 11.6. The molecule has 4 unspecified atom stereocenters. The molecule has 0 heterocycles. The molecule has 2 bridgehead atoms. The van der Waals surface area contributed by atoms with Gasteiger partial charge in [-0.1, -0.05) is 27.2 Å². The average molecular weight is 237 g/mol. The van der Waals surface area contributed by atoms with Gasteiger partial charge >= 0.3 is 0 Å². The minimum Gasteiger partial charge on any atom is -0.369 e. The highest BCUT2D eigenvalue weighted by Crippen LogP contribution is 2.58. The Kier molecular flexibility index (Phi) is 3.26. The van der Waals surface area contributed by atoms with Crippen molar-refractivity contribution < 1.29 is 4.79 Å². The van der Waals surface area contributed by atoms with Crippen LogP contribution in [0.25, 0.3) is 0 Å². The Morgan fingerprint density at radius 2 is 2.06 bits per heavy atom. The summed E-state index contributed by atoms with van der Waals surface area (Å²) in [6.45, 7) is 6.74. The van der Waals surface area contributed by atoms with Crippen LogP contribution in [-0.2, 0) is 4.79 Å². The molecule has 0 aromatic carbocycles. The van der Waals surface area contributed by atoms with Crippen molar-refractivity contribution >= 4 is 5.91 Å². The molecule has 0 spiro atoms. The van der Waals surface area contributed by atoms with E-state index < -0.39 is 0 Å². The molecule has 2 N–H and O–H groups in total. The molecule has 2 fully saturated rings. The van der Waals surface area contributed by atoms with E-state index in [2.05, 4.69) is 20.8 Å².